The summed E-state index contributed by atoms with van der Waals surface area (Å²) < 4.78 is 5.81. The fourth-order valence-corrected chi connectivity index (χ4v) is 3.92. The number of rotatable bonds is 3. The van der Waals surface area contributed by atoms with Crippen molar-refractivity contribution < 1.29 is 4.79 Å². The van der Waals surface area contributed by atoms with Crippen molar-refractivity contribution in [2.75, 3.05) is 22.9 Å². The molecule has 3 aromatic rings. The van der Waals surface area contributed by atoms with Gasteiger partial charge in [0.15, 0.2) is 0 Å². The molecule has 0 bridgehead atoms. The lowest BCUT2D eigenvalue weighted by molar-refractivity contribution is 0.0996. The fourth-order valence-electron chi connectivity index (χ4n) is 3.39. The third-order valence-electron chi connectivity index (χ3n) is 4.73. The number of aromatic nitrogens is 4. The number of hydrogen-bond donors (Lipinski definition) is 0. The lowest BCUT2D eigenvalue weighted by Crippen LogP contribution is -2.23. The smallest absolute Gasteiger partial charge is 0.262 e. The van der Waals surface area contributed by atoms with Gasteiger partial charge in [0.1, 0.15) is 5.82 Å². The standard InChI is InChI=1S/C17H16N6OS/c24-17-14-9-23(20-15(14)10-22(17)13-8-19-25-11-13)12-3-4-16(18-7-12)21-5-1-2-6-21/h3-4,7-9,11H,1-2,5-6,10H2. The monoisotopic (exact) mass is 352 g/mol. The van der Waals surface area contributed by atoms with Gasteiger partial charge in [-0.3, -0.25) is 9.69 Å². The Morgan fingerprint density at radius 1 is 1.08 bits per heavy atom. The van der Waals surface area contributed by atoms with E-state index in [0.29, 0.717) is 12.1 Å². The van der Waals surface area contributed by atoms with Gasteiger partial charge in [0.2, 0.25) is 0 Å². The maximum atomic E-state index is 12.6. The lowest BCUT2D eigenvalue weighted by Gasteiger charge is -2.16. The van der Waals surface area contributed by atoms with Crippen LogP contribution < -0.4 is 9.80 Å². The van der Waals surface area contributed by atoms with Gasteiger partial charge in [-0.15, -0.1) is 0 Å². The van der Waals surface area contributed by atoms with E-state index in [-0.39, 0.29) is 5.91 Å². The molecule has 0 radical (unpaired) electrons. The van der Waals surface area contributed by atoms with Gasteiger partial charge in [0.25, 0.3) is 5.91 Å². The molecule has 3 aromatic heterocycles. The lowest BCUT2D eigenvalue weighted by atomic mass is 10.3. The van der Waals surface area contributed by atoms with E-state index in [1.165, 1.54) is 24.4 Å². The molecular weight excluding hydrogens is 336 g/mol. The van der Waals surface area contributed by atoms with Crippen LogP contribution in [0, 0.1) is 0 Å². The Morgan fingerprint density at radius 3 is 2.64 bits per heavy atom. The van der Waals surface area contributed by atoms with Gasteiger partial charge in [0.05, 0.1) is 41.6 Å². The Labute approximate surface area is 148 Å². The van der Waals surface area contributed by atoms with E-state index in [4.69, 9.17) is 0 Å². The Morgan fingerprint density at radius 2 is 1.96 bits per heavy atom. The van der Waals surface area contributed by atoms with Crippen molar-refractivity contribution >= 4 is 28.9 Å². The van der Waals surface area contributed by atoms with Crippen LogP contribution in [0.5, 0.6) is 0 Å². The van der Waals surface area contributed by atoms with Crippen LogP contribution in [0.25, 0.3) is 5.69 Å². The van der Waals surface area contributed by atoms with Crippen molar-refractivity contribution in [2.24, 2.45) is 0 Å². The van der Waals surface area contributed by atoms with Gasteiger partial charge in [-0.25, -0.2) is 9.67 Å². The van der Waals surface area contributed by atoms with Crippen LogP contribution in [0.4, 0.5) is 11.5 Å². The van der Waals surface area contributed by atoms with Crippen LogP contribution in [0.2, 0.25) is 0 Å². The number of hydrogen-bond acceptors (Lipinski definition) is 6. The zero-order chi connectivity index (χ0) is 16.8. The fraction of sp³-hybridized carbons (Fsp3) is 0.294. The SMILES string of the molecule is O=C1c2cn(-c3ccc(N4CCCC4)nc3)nc2CN1c1cnsc1. The van der Waals surface area contributed by atoms with E-state index in [0.717, 1.165) is 36.0 Å². The summed E-state index contributed by atoms with van der Waals surface area (Å²) in [6, 6.07) is 4.03. The maximum Gasteiger partial charge on any atom is 0.262 e. The van der Waals surface area contributed by atoms with Crippen molar-refractivity contribution in [1.82, 2.24) is 19.1 Å². The molecule has 8 heteroatoms. The molecule has 5 heterocycles. The number of amides is 1. The molecule has 2 aliphatic heterocycles. The molecule has 0 unspecified atom stereocenters. The first-order valence-corrected chi connectivity index (χ1v) is 9.14. The molecule has 7 nitrogen and oxygen atoms in total. The van der Waals surface area contributed by atoms with Crippen LogP contribution in [0.3, 0.4) is 0 Å². The number of nitrogens with zero attached hydrogens (tertiary/aromatic N) is 6. The highest BCUT2D eigenvalue weighted by atomic mass is 32.1. The van der Waals surface area contributed by atoms with Crippen LogP contribution in [0.15, 0.2) is 36.1 Å². The van der Waals surface area contributed by atoms with Crippen LogP contribution in [-0.2, 0) is 6.54 Å². The van der Waals surface area contributed by atoms with E-state index in [1.807, 2.05) is 23.7 Å². The molecule has 0 aliphatic carbocycles. The van der Waals surface area contributed by atoms with Gasteiger partial charge in [-0.2, -0.15) is 9.47 Å². The second-order valence-corrected chi connectivity index (χ2v) is 6.93. The molecule has 0 spiro atoms. The number of carbonyl (C=O) groups excluding carboxylic acids is 1. The maximum absolute atomic E-state index is 12.6. The summed E-state index contributed by atoms with van der Waals surface area (Å²) in [6.45, 7) is 2.63. The van der Waals surface area contributed by atoms with Crippen LogP contribution in [-0.4, -0.2) is 38.1 Å². The minimum atomic E-state index is -0.0249. The molecule has 1 saturated heterocycles. The summed E-state index contributed by atoms with van der Waals surface area (Å²) in [5.74, 6) is 0.983. The summed E-state index contributed by atoms with van der Waals surface area (Å²) in [5, 5.41) is 6.46. The minimum Gasteiger partial charge on any atom is -0.357 e. The van der Waals surface area contributed by atoms with Crippen molar-refractivity contribution in [3.63, 3.8) is 0 Å². The molecule has 1 fully saturated rings. The quantitative estimate of drug-likeness (QED) is 0.724. The predicted octanol–water partition coefficient (Wildman–Crippen LogP) is 2.48. The Kier molecular flexibility index (Phi) is 3.30. The van der Waals surface area contributed by atoms with Gasteiger partial charge in [-0.1, -0.05) is 0 Å². The highest BCUT2D eigenvalue weighted by Gasteiger charge is 2.32. The van der Waals surface area contributed by atoms with Crippen LogP contribution in [0.1, 0.15) is 28.9 Å². The van der Waals surface area contributed by atoms with Crippen molar-refractivity contribution in [2.45, 2.75) is 19.4 Å². The molecule has 0 aromatic carbocycles. The van der Waals surface area contributed by atoms with Gasteiger partial charge in [-0.05, 0) is 36.5 Å². The molecule has 25 heavy (non-hydrogen) atoms. The minimum absolute atomic E-state index is 0.0249. The number of fused-ring (bicyclic) bond motifs is 1. The normalized spacial score (nSPS) is 16.7. The molecule has 0 atom stereocenters. The molecule has 1 amide bonds. The van der Waals surface area contributed by atoms with Crippen molar-refractivity contribution in [3.8, 4) is 5.69 Å². The number of carbonyl (C=O) groups is 1. The van der Waals surface area contributed by atoms with E-state index in [1.54, 1.807) is 22.0 Å². The van der Waals surface area contributed by atoms with E-state index < -0.39 is 0 Å². The van der Waals surface area contributed by atoms with Crippen molar-refractivity contribution in [1.29, 1.82) is 0 Å². The predicted molar refractivity (Wildman–Crippen MR) is 95.4 cm³/mol. The first-order valence-electron chi connectivity index (χ1n) is 8.31. The van der Waals surface area contributed by atoms with E-state index in [2.05, 4.69) is 19.4 Å². The average Bonchev–Trinajstić information content (AvgIpc) is 3.42. The highest BCUT2D eigenvalue weighted by molar-refractivity contribution is 7.04. The second-order valence-electron chi connectivity index (χ2n) is 6.28. The number of pyridine rings is 1. The molecule has 2 aliphatic rings. The molecule has 0 saturated carbocycles. The summed E-state index contributed by atoms with van der Waals surface area (Å²) in [4.78, 5) is 21.2. The van der Waals surface area contributed by atoms with Gasteiger partial charge < -0.3 is 4.90 Å². The first-order chi connectivity index (χ1) is 12.3. The first kappa shape index (κ1) is 14.6. The van der Waals surface area contributed by atoms with Gasteiger partial charge >= 0.3 is 0 Å². The number of anilines is 2. The highest BCUT2D eigenvalue weighted by Crippen LogP contribution is 2.29. The summed E-state index contributed by atoms with van der Waals surface area (Å²) in [7, 11) is 0. The summed E-state index contributed by atoms with van der Waals surface area (Å²) in [5.41, 5.74) is 3.14. The van der Waals surface area contributed by atoms with Crippen molar-refractivity contribution in [3.05, 3.63) is 47.4 Å². The summed E-state index contributed by atoms with van der Waals surface area (Å²) >= 11 is 1.34. The Hall–Kier alpha value is -2.74. The van der Waals surface area contributed by atoms with Crippen LogP contribution >= 0.6 is 11.5 Å². The Balaban J connectivity index is 1.40. The second kappa shape index (κ2) is 5.66. The zero-order valence-electron chi connectivity index (χ0n) is 13.5. The average molecular weight is 352 g/mol. The molecule has 5 rings (SSSR count). The molecular formula is C17H16N6OS. The van der Waals surface area contributed by atoms with E-state index >= 15 is 0 Å². The largest absolute Gasteiger partial charge is 0.357 e. The third kappa shape index (κ3) is 2.41. The topological polar surface area (TPSA) is 67.2 Å². The van der Waals surface area contributed by atoms with Gasteiger partial charge in [0, 0.05) is 24.7 Å². The van der Waals surface area contributed by atoms with E-state index in [9.17, 15) is 4.79 Å². The Bertz CT molecular complexity index is 911. The molecule has 0 N–H and O–H groups in total. The molecule has 126 valence electrons. The third-order valence-corrected chi connectivity index (χ3v) is 5.31. The summed E-state index contributed by atoms with van der Waals surface area (Å²) in [6.07, 6.45) is 7.79. The zero-order valence-corrected chi connectivity index (χ0v) is 14.3.